The lowest BCUT2D eigenvalue weighted by Crippen LogP contribution is -2.42. The number of likely N-dealkylation sites (N-methyl/N-ethyl adjacent to an activating group) is 1. The molecule has 0 bridgehead atoms. The minimum absolute atomic E-state index is 0.0221. The fourth-order valence-electron chi connectivity index (χ4n) is 3.80. The SMILES string of the molecule is CCN1CCC(OCc2cc(CF)cc(C(F)(F)F)c2)C(c2ccccc2)C1. The Morgan fingerprint density at radius 2 is 1.79 bits per heavy atom. The molecule has 0 radical (unpaired) electrons. The van der Waals surface area contributed by atoms with Gasteiger partial charge in [-0.3, -0.25) is 0 Å². The average Bonchev–Trinajstić information content (AvgIpc) is 2.71. The first-order chi connectivity index (χ1) is 13.4. The average molecular weight is 395 g/mol. The second-order valence-electron chi connectivity index (χ2n) is 7.22. The van der Waals surface area contributed by atoms with E-state index in [1.807, 2.05) is 18.2 Å². The highest BCUT2D eigenvalue weighted by Gasteiger charge is 2.32. The number of piperidine rings is 1. The molecule has 1 heterocycles. The summed E-state index contributed by atoms with van der Waals surface area (Å²) in [6.45, 7) is 3.91. The number of alkyl halides is 4. The number of hydrogen-bond acceptors (Lipinski definition) is 2. The van der Waals surface area contributed by atoms with E-state index in [2.05, 4.69) is 24.0 Å². The van der Waals surface area contributed by atoms with Crippen molar-refractivity contribution in [2.24, 2.45) is 0 Å². The molecular weight excluding hydrogens is 370 g/mol. The molecule has 1 saturated heterocycles. The summed E-state index contributed by atoms with van der Waals surface area (Å²) in [4.78, 5) is 2.35. The fourth-order valence-corrected chi connectivity index (χ4v) is 3.80. The number of nitrogens with zero attached hydrogens (tertiary/aromatic N) is 1. The van der Waals surface area contributed by atoms with Crippen LogP contribution in [0.4, 0.5) is 17.6 Å². The third-order valence-corrected chi connectivity index (χ3v) is 5.31. The van der Waals surface area contributed by atoms with Crippen LogP contribution in [0.5, 0.6) is 0 Å². The molecule has 2 aromatic carbocycles. The van der Waals surface area contributed by atoms with Gasteiger partial charge in [-0.25, -0.2) is 4.39 Å². The van der Waals surface area contributed by atoms with Crippen molar-refractivity contribution in [1.82, 2.24) is 4.90 Å². The quantitative estimate of drug-likeness (QED) is 0.593. The molecule has 28 heavy (non-hydrogen) atoms. The standard InChI is InChI=1S/C22H25F4NO/c1-2-27-9-8-21(20(14-27)18-6-4-3-5-7-18)28-15-17-10-16(13-23)11-19(12-17)22(24,25)26/h3-7,10-12,20-21H,2,8-9,13-15H2,1H3. The van der Waals surface area contributed by atoms with Crippen LogP contribution in [0.15, 0.2) is 48.5 Å². The Morgan fingerprint density at radius 1 is 1.07 bits per heavy atom. The Balaban J connectivity index is 1.77. The van der Waals surface area contributed by atoms with Crippen molar-refractivity contribution < 1.29 is 22.3 Å². The van der Waals surface area contributed by atoms with E-state index in [0.717, 1.165) is 38.2 Å². The van der Waals surface area contributed by atoms with Crippen molar-refractivity contribution in [2.45, 2.75) is 44.8 Å². The van der Waals surface area contributed by atoms with Gasteiger partial charge in [0.1, 0.15) is 6.67 Å². The summed E-state index contributed by atoms with van der Waals surface area (Å²) < 4.78 is 58.3. The van der Waals surface area contributed by atoms with Crippen molar-refractivity contribution in [3.63, 3.8) is 0 Å². The molecule has 2 atom stereocenters. The van der Waals surface area contributed by atoms with E-state index in [-0.39, 0.29) is 24.2 Å². The molecule has 152 valence electrons. The number of halogens is 4. The molecule has 0 aliphatic carbocycles. The normalized spacial score (nSPS) is 21.0. The Hall–Kier alpha value is -1.92. The van der Waals surface area contributed by atoms with Crippen molar-refractivity contribution in [3.05, 3.63) is 70.8 Å². The van der Waals surface area contributed by atoms with Crippen LogP contribution in [0.1, 0.15) is 41.5 Å². The maximum absolute atomic E-state index is 13.1. The number of benzene rings is 2. The van der Waals surface area contributed by atoms with Crippen LogP contribution in [0, 0.1) is 0 Å². The Kier molecular flexibility index (Phi) is 6.73. The van der Waals surface area contributed by atoms with Crippen LogP contribution < -0.4 is 0 Å². The third-order valence-electron chi connectivity index (χ3n) is 5.31. The summed E-state index contributed by atoms with van der Waals surface area (Å²) in [5, 5.41) is 0. The van der Waals surface area contributed by atoms with Crippen molar-refractivity contribution in [1.29, 1.82) is 0 Å². The predicted molar refractivity (Wildman–Crippen MR) is 101 cm³/mol. The topological polar surface area (TPSA) is 12.5 Å². The second kappa shape index (κ2) is 9.05. The summed E-state index contributed by atoms with van der Waals surface area (Å²) in [7, 11) is 0. The van der Waals surface area contributed by atoms with Crippen LogP contribution in [0.25, 0.3) is 0 Å². The zero-order valence-corrected chi connectivity index (χ0v) is 15.9. The molecule has 1 aliphatic rings. The third kappa shape index (κ3) is 5.11. The predicted octanol–water partition coefficient (Wildman–Crippen LogP) is 5.57. The van der Waals surface area contributed by atoms with E-state index >= 15 is 0 Å². The molecule has 0 amide bonds. The molecule has 3 rings (SSSR count). The van der Waals surface area contributed by atoms with E-state index < -0.39 is 18.4 Å². The molecular formula is C22H25F4NO. The summed E-state index contributed by atoms with van der Waals surface area (Å²) >= 11 is 0. The largest absolute Gasteiger partial charge is 0.416 e. The van der Waals surface area contributed by atoms with Crippen molar-refractivity contribution in [3.8, 4) is 0 Å². The Morgan fingerprint density at radius 3 is 2.43 bits per heavy atom. The number of ether oxygens (including phenoxy) is 1. The zero-order valence-electron chi connectivity index (χ0n) is 15.9. The summed E-state index contributed by atoms with van der Waals surface area (Å²) in [6, 6.07) is 13.4. The Labute approximate surface area is 163 Å². The zero-order chi connectivity index (χ0) is 20.1. The van der Waals surface area contributed by atoms with Crippen LogP contribution in [0.3, 0.4) is 0 Å². The monoisotopic (exact) mass is 395 g/mol. The molecule has 1 fully saturated rings. The molecule has 0 spiro atoms. The van der Waals surface area contributed by atoms with E-state index in [1.165, 1.54) is 11.6 Å². The molecule has 0 aromatic heterocycles. The van der Waals surface area contributed by atoms with Gasteiger partial charge in [-0.2, -0.15) is 13.2 Å². The molecule has 0 saturated carbocycles. The minimum atomic E-state index is -4.50. The first-order valence-electron chi connectivity index (χ1n) is 9.55. The van der Waals surface area contributed by atoms with Crippen molar-refractivity contribution in [2.75, 3.05) is 19.6 Å². The van der Waals surface area contributed by atoms with E-state index in [0.29, 0.717) is 5.56 Å². The molecule has 6 heteroatoms. The first-order valence-corrected chi connectivity index (χ1v) is 9.55. The smallest absolute Gasteiger partial charge is 0.373 e. The summed E-state index contributed by atoms with van der Waals surface area (Å²) in [5.74, 6) is 0.154. The van der Waals surface area contributed by atoms with Crippen LogP contribution in [-0.4, -0.2) is 30.6 Å². The number of rotatable bonds is 6. The van der Waals surface area contributed by atoms with Gasteiger partial charge < -0.3 is 9.64 Å². The number of likely N-dealkylation sites (tertiary alicyclic amines) is 1. The fraction of sp³-hybridized carbons (Fsp3) is 0.455. The maximum Gasteiger partial charge on any atom is 0.416 e. The van der Waals surface area contributed by atoms with Crippen LogP contribution in [0.2, 0.25) is 0 Å². The Bertz CT molecular complexity index is 763. The maximum atomic E-state index is 13.1. The second-order valence-corrected chi connectivity index (χ2v) is 7.22. The highest BCUT2D eigenvalue weighted by Crippen LogP contribution is 2.33. The lowest BCUT2D eigenvalue weighted by Gasteiger charge is -2.38. The van der Waals surface area contributed by atoms with Gasteiger partial charge in [-0.15, -0.1) is 0 Å². The summed E-state index contributed by atoms with van der Waals surface area (Å²) in [5.41, 5.74) is 0.710. The molecule has 1 aliphatic heterocycles. The van der Waals surface area contributed by atoms with Crippen molar-refractivity contribution >= 4 is 0 Å². The van der Waals surface area contributed by atoms with Gasteiger partial charge in [0.15, 0.2) is 0 Å². The highest BCUT2D eigenvalue weighted by atomic mass is 19.4. The van der Waals surface area contributed by atoms with E-state index in [4.69, 9.17) is 4.74 Å². The van der Waals surface area contributed by atoms with Gasteiger partial charge in [0.2, 0.25) is 0 Å². The number of hydrogen-bond donors (Lipinski definition) is 0. The van der Waals surface area contributed by atoms with Gasteiger partial charge in [0, 0.05) is 19.0 Å². The summed E-state index contributed by atoms with van der Waals surface area (Å²) in [6.07, 6.45) is -3.78. The van der Waals surface area contributed by atoms with Crippen LogP contribution >= 0.6 is 0 Å². The van der Waals surface area contributed by atoms with E-state index in [9.17, 15) is 17.6 Å². The molecule has 2 aromatic rings. The first kappa shape index (κ1) is 20.8. The minimum Gasteiger partial charge on any atom is -0.373 e. The lowest BCUT2D eigenvalue weighted by atomic mass is 9.88. The van der Waals surface area contributed by atoms with Crippen LogP contribution in [-0.2, 0) is 24.2 Å². The van der Waals surface area contributed by atoms with Gasteiger partial charge in [-0.05, 0) is 41.8 Å². The van der Waals surface area contributed by atoms with Gasteiger partial charge in [-0.1, -0.05) is 43.3 Å². The highest BCUT2D eigenvalue weighted by molar-refractivity contribution is 5.31. The lowest BCUT2D eigenvalue weighted by molar-refractivity contribution is -0.137. The molecule has 2 unspecified atom stereocenters. The van der Waals surface area contributed by atoms with E-state index in [1.54, 1.807) is 0 Å². The van der Waals surface area contributed by atoms with Gasteiger partial charge in [0.25, 0.3) is 0 Å². The van der Waals surface area contributed by atoms with Gasteiger partial charge >= 0.3 is 6.18 Å². The van der Waals surface area contributed by atoms with Gasteiger partial charge in [0.05, 0.1) is 18.3 Å². The molecule has 2 nitrogen and oxygen atoms in total. The molecule has 0 N–H and O–H groups in total.